The number of rotatable bonds is 8. The van der Waals surface area contributed by atoms with Crippen molar-refractivity contribution in [3.05, 3.63) is 47.5 Å². The van der Waals surface area contributed by atoms with Crippen LogP contribution in [-0.2, 0) is 0 Å². The summed E-state index contributed by atoms with van der Waals surface area (Å²) in [4.78, 5) is 0. The number of nitriles is 1. The van der Waals surface area contributed by atoms with Crippen molar-refractivity contribution in [3.63, 3.8) is 0 Å². The summed E-state index contributed by atoms with van der Waals surface area (Å²) < 4.78 is 25.9. The Morgan fingerprint density at radius 3 is 2.24 bits per heavy atom. The van der Waals surface area contributed by atoms with Gasteiger partial charge in [0.25, 0.3) is 0 Å². The van der Waals surface area contributed by atoms with Crippen LogP contribution in [0.15, 0.2) is 30.6 Å². The van der Waals surface area contributed by atoms with E-state index in [2.05, 4.69) is 0 Å². The van der Waals surface area contributed by atoms with Crippen molar-refractivity contribution in [1.29, 1.82) is 5.26 Å². The number of benzene rings is 1. The highest BCUT2D eigenvalue weighted by molar-refractivity contribution is 5.34. The molecule has 3 rings (SSSR count). The number of hydrogen-bond acceptors (Lipinski definition) is 1. The van der Waals surface area contributed by atoms with Gasteiger partial charge in [0.05, 0.1) is 11.9 Å². The third-order valence-electron chi connectivity index (χ3n) is 7.49. The molecule has 1 nitrogen and oxygen atoms in total. The third kappa shape index (κ3) is 6.39. The predicted octanol–water partition coefficient (Wildman–Crippen LogP) is 8.21. The summed E-state index contributed by atoms with van der Waals surface area (Å²) in [6, 6.07) is 7.08. The SMILES string of the molecule is N#Cc1ccc([C@H]2CC[C@H]([C@H]3CC[C@H](CCCCCC=CF)CC3)CC2)cc1F. The highest BCUT2D eigenvalue weighted by atomic mass is 19.1. The molecule has 0 saturated heterocycles. The maximum Gasteiger partial charge on any atom is 0.141 e. The average Bonchev–Trinajstić information content (AvgIpc) is 2.77. The molecular weight excluding hydrogens is 364 g/mol. The molecule has 0 atom stereocenters. The average molecular weight is 400 g/mol. The van der Waals surface area contributed by atoms with E-state index in [1.165, 1.54) is 57.8 Å². The van der Waals surface area contributed by atoms with Gasteiger partial charge < -0.3 is 0 Å². The Balaban J connectivity index is 1.36. The molecule has 0 bridgehead atoms. The zero-order valence-electron chi connectivity index (χ0n) is 17.6. The first-order valence-electron chi connectivity index (χ1n) is 11.7. The van der Waals surface area contributed by atoms with Crippen LogP contribution in [0.1, 0.15) is 101 Å². The Labute approximate surface area is 175 Å². The minimum atomic E-state index is -0.371. The zero-order valence-corrected chi connectivity index (χ0v) is 17.6. The molecule has 0 heterocycles. The molecule has 0 spiro atoms. The van der Waals surface area contributed by atoms with Gasteiger partial charge in [-0.05, 0) is 92.7 Å². The number of unbranched alkanes of at least 4 members (excludes halogenated alkanes) is 3. The summed E-state index contributed by atoms with van der Waals surface area (Å²) in [5.74, 6) is 2.73. The van der Waals surface area contributed by atoms with Crippen LogP contribution in [0.5, 0.6) is 0 Å². The third-order valence-corrected chi connectivity index (χ3v) is 7.49. The van der Waals surface area contributed by atoms with Crippen molar-refractivity contribution in [3.8, 4) is 6.07 Å². The van der Waals surface area contributed by atoms with Gasteiger partial charge in [-0.1, -0.05) is 44.2 Å². The first kappa shape index (κ1) is 22.0. The Kier molecular flexibility index (Phi) is 8.71. The summed E-state index contributed by atoms with van der Waals surface area (Å²) in [7, 11) is 0. The molecule has 0 aliphatic heterocycles. The molecular formula is C26H35F2N. The highest BCUT2D eigenvalue weighted by Crippen LogP contribution is 2.44. The van der Waals surface area contributed by atoms with Crippen molar-refractivity contribution < 1.29 is 8.78 Å². The zero-order chi connectivity index (χ0) is 20.5. The van der Waals surface area contributed by atoms with Crippen molar-refractivity contribution >= 4 is 0 Å². The van der Waals surface area contributed by atoms with Crippen LogP contribution < -0.4 is 0 Å². The Morgan fingerprint density at radius 1 is 0.931 bits per heavy atom. The van der Waals surface area contributed by atoms with Crippen LogP contribution in [-0.4, -0.2) is 0 Å². The van der Waals surface area contributed by atoms with E-state index in [0.29, 0.717) is 12.2 Å². The topological polar surface area (TPSA) is 23.8 Å². The van der Waals surface area contributed by atoms with Crippen molar-refractivity contribution in [1.82, 2.24) is 0 Å². The molecule has 0 amide bonds. The monoisotopic (exact) mass is 399 g/mol. The van der Waals surface area contributed by atoms with Gasteiger partial charge in [-0.3, -0.25) is 0 Å². The number of hydrogen-bond donors (Lipinski definition) is 0. The molecule has 1 aromatic carbocycles. The molecule has 158 valence electrons. The van der Waals surface area contributed by atoms with E-state index < -0.39 is 0 Å². The maximum atomic E-state index is 13.9. The van der Waals surface area contributed by atoms with E-state index in [1.54, 1.807) is 18.2 Å². The largest absolute Gasteiger partial charge is 0.216 e. The Bertz CT molecular complexity index is 689. The second kappa shape index (κ2) is 11.5. The predicted molar refractivity (Wildman–Crippen MR) is 115 cm³/mol. The normalized spacial score (nSPS) is 27.8. The van der Waals surface area contributed by atoms with Gasteiger partial charge in [-0.25, -0.2) is 8.78 Å². The number of halogens is 2. The second-order valence-corrected chi connectivity index (χ2v) is 9.24. The minimum Gasteiger partial charge on any atom is -0.216 e. The van der Waals surface area contributed by atoms with Crippen LogP contribution in [0.3, 0.4) is 0 Å². The van der Waals surface area contributed by atoms with E-state index in [-0.39, 0.29) is 11.4 Å². The Morgan fingerprint density at radius 2 is 1.62 bits per heavy atom. The van der Waals surface area contributed by atoms with E-state index in [9.17, 15) is 8.78 Å². The van der Waals surface area contributed by atoms with Gasteiger partial charge in [-0.15, -0.1) is 0 Å². The molecule has 0 N–H and O–H groups in total. The fourth-order valence-electron chi connectivity index (χ4n) is 5.68. The molecule has 2 fully saturated rings. The molecule has 2 aliphatic carbocycles. The second-order valence-electron chi connectivity index (χ2n) is 9.24. The van der Waals surface area contributed by atoms with E-state index >= 15 is 0 Å². The van der Waals surface area contributed by atoms with Gasteiger partial charge >= 0.3 is 0 Å². The highest BCUT2D eigenvalue weighted by Gasteiger charge is 2.31. The lowest BCUT2D eigenvalue weighted by molar-refractivity contribution is 0.155. The quantitative estimate of drug-likeness (QED) is 0.404. The van der Waals surface area contributed by atoms with Crippen LogP contribution in [0.25, 0.3) is 0 Å². The summed E-state index contributed by atoms with van der Waals surface area (Å²) in [6.07, 6.45) is 18.5. The molecule has 2 aliphatic rings. The first-order valence-corrected chi connectivity index (χ1v) is 11.7. The summed E-state index contributed by atoms with van der Waals surface area (Å²) in [5, 5.41) is 8.90. The van der Waals surface area contributed by atoms with Crippen LogP contribution in [0.2, 0.25) is 0 Å². The van der Waals surface area contributed by atoms with Crippen LogP contribution in [0, 0.1) is 34.9 Å². The molecule has 0 aromatic heterocycles. The summed E-state index contributed by atoms with van der Waals surface area (Å²) in [5.41, 5.74) is 1.22. The summed E-state index contributed by atoms with van der Waals surface area (Å²) >= 11 is 0. The lowest BCUT2D eigenvalue weighted by atomic mass is 9.68. The summed E-state index contributed by atoms with van der Waals surface area (Å²) in [6.45, 7) is 0. The molecule has 3 heteroatoms. The van der Waals surface area contributed by atoms with Crippen molar-refractivity contribution in [2.24, 2.45) is 17.8 Å². The lowest BCUT2D eigenvalue weighted by Gasteiger charge is -2.38. The van der Waals surface area contributed by atoms with Gasteiger partial charge in [0, 0.05) is 0 Å². The van der Waals surface area contributed by atoms with Gasteiger partial charge in [-0.2, -0.15) is 5.26 Å². The number of nitrogens with zero attached hydrogens (tertiary/aromatic N) is 1. The number of allylic oxidation sites excluding steroid dienone is 1. The van der Waals surface area contributed by atoms with Gasteiger partial charge in [0.2, 0.25) is 0 Å². The van der Waals surface area contributed by atoms with Gasteiger partial charge in [0.1, 0.15) is 11.9 Å². The maximum absolute atomic E-state index is 13.9. The van der Waals surface area contributed by atoms with Gasteiger partial charge in [0.15, 0.2) is 0 Å². The van der Waals surface area contributed by atoms with Crippen molar-refractivity contribution in [2.45, 2.75) is 89.4 Å². The fraction of sp³-hybridized carbons (Fsp3) is 0.654. The van der Waals surface area contributed by atoms with Crippen molar-refractivity contribution in [2.75, 3.05) is 0 Å². The molecule has 29 heavy (non-hydrogen) atoms. The fourth-order valence-corrected chi connectivity index (χ4v) is 5.68. The molecule has 2 saturated carbocycles. The van der Waals surface area contributed by atoms with E-state index in [1.807, 2.05) is 12.1 Å². The van der Waals surface area contributed by atoms with Crippen LogP contribution >= 0.6 is 0 Å². The molecule has 0 radical (unpaired) electrons. The van der Waals surface area contributed by atoms with E-state index in [4.69, 9.17) is 5.26 Å². The Hall–Kier alpha value is -1.69. The lowest BCUT2D eigenvalue weighted by Crippen LogP contribution is -2.25. The first-order chi connectivity index (χ1) is 14.2. The smallest absolute Gasteiger partial charge is 0.141 e. The molecule has 1 aromatic rings. The van der Waals surface area contributed by atoms with E-state index in [0.717, 1.165) is 49.0 Å². The van der Waals surface area contributed by atoms with Crippen LogP contribution in [0.4, 0.5) is 8.78 Å². The standard InChI is InChI=1S/C26H35F2N/c27-17-5-3-1-2-4-6-20-7-9-21(10-8-20)22-11-13-23(14-12-22)24-15-16-25(19-29)26(28)18-24/h5,15-18,20-23H,1-4,6-14H2/t20-,21-,22-,23-. The minimum absolute atomic E-state index is 0.149. The molecule has 0 unspecified atom stereocenters.